The first-order chi connectivity index (χ1) is 9.20. The second-order valence-electron chi connectivity index (χ2n) is 6.99. The van der Waals surface area contributed by atoms with Gasteiger partial charge in [0.15, 0.2) is 0 Å². The Morgan fingerprint density at radius 3 is 2.37 bits per heavy atom. The van der Waals surface area contributed by atoms with Crippen LogP contribution >= 0.6 is 0 Å². The average molecular weight is 267 g/mol. The molecular formula is C17H33NO. The minimum Gasteiger partial charge on any atom is -0.377 e. The lowest BCUT2D eigenvalue weighted by Gasteiger charge is -2.46. The molecular weight excluding hydrogens is 234 g/mol. The number of rotatable bonds is 7. The monoisotopic (exact) mass is 267 g/mol. The predicted molar refractivity (Wildman–Crippen MR) is 81.4 cm³/mol. The third-order valence-corrected chi connectivity index (χ3v) is 5.60. The Balaban J connectivity index is 1.99. The predicted octanol–water partition coefficient (Wildman–Crippen LogP) is 4.14. The summed E-state index contributed by atoms with van der Waals surface area (Å²) in [5, 5.41) is 3.82. The molecule has 2 heteroatoms. The Labute approximate surface area is 119 Å². The van der Waals surface area contributed by atoms with Gasteiger partial charge in [-0.3, -0.25) is 0 Å². The van der Waals surface area contributed by atoms with E-state index in [1.165, 1.54) is 57.8 Å². The van der Waals surface area contributed by atoms with E-state index in [1.807, 2.05) is 7.11 Å². The smallest absolute Gasteiger partial charge is 0.0831 e. The van der Waals surface area contributed by atoms with Crippen LogP contribution in [-0.4, -0.2) is 25.3 Å². The fraction of sp³-hybridized carbons (Fsp3) is 1.00. The van der Waals surface area contributed by atoms with Crippen LogP contribution in [0.3, 0.4) is 0 Å². The van der Waals surface area contributed by atoms with Gasteiger partial charge in [0.2, 0.25) is 0 Å². The first-order valence-electron chi connectivity index (χ1n) is 8.48. The van der Waals surface area contributed by atoms with Crippen LogP contribution in [-0.2, 0) is 4.74 Å². The zero-order valence-corrected chi connectivity index (χ0v) is 13.2. The molecule has 0 aromatic heterocycles. The van der Waals surface area contributed by atoms with Crippen LogP contribution in [0.2, 0.25) is 0 Å². The van der Waals surface area contributed by atoms with Crippen molar-refractivity contribution in [3.63, 3.8) is 0 Å². The molecule has 2 fully saturated rings. The molecule has 0 amide bonds. The van der Waals surface area contributed by atoms with E-state index in [1.54, 1.807) is 0 Å². The Morgan fingerprint density at radius 1 is 1.21 bits per heavy atom. The first-order valence-corrected chi connectivity index (χ1v) is 8.48. The van der Waals surface area contributed by atoms with Crippen molar-refractivity contribution >= 4 is 0 Å². The summed E-state index contributed by atoms with van der Waals surface area (Å²) in [4.78, 5) is 0. The van der Waals surface area contributed by atoms with Gasteiger partial charge >= 0.3 is 0 Å². The third-order valence-electron chi connectivity index (χ3n) is 5.60. The molecule has 0 bridgehead atoms. The maximum Gasteiger partial charge on any atom is 0.0831 e. The molecule has 0 heterocycles. The summed E-state index contributed by atoms with van der Waals surface area (Å²) in [6.07, 6.45) is 12.1. The molecule has 0 spiro atoms. The van der Waals surface area contributed by atoms with Crippen molar-refractivity contribution in [3.05, 3.63) is 0 Å². The summed E-state index contributed by atoms with van der Waals surface area (Å²) in [7, 11) is 1.94. The highest BCUT2D eigenvalue weighted by Crippen LogP contribution is 2.41. The molecule has 0 aromatic carbocycles. The minimum absolute atomic E-state index is 0.122. The first kappa shape index (κ1) is 15.3. The summed E-state index contributed by atoms with van der Waals surface area (Å²) >= 11 is 0. The van der Waals surface area contributed by atoms with Gasteiger partial charge in [-0.25, -0.2) is 0 Å². The van der Waals surface area contributed by atoms with E-state index in [4.69, 9.17) is 4.74 Å². The Bertz CT molecular complexity index is 254. The van der Waals surface area contributed by atoms with E-state index in [2.05, 4.69) is 19.2 Å². The van der Waals surface area contributed by atoms with Gasteiger partial charge in [0.05, 0.1) is 5.60 Å². The van der Waals surface area contributed by atoms with E-state index in [0.717, 1.165) is 18.4 Å². The SMILES string of the molecule is CCCNC(CC1CCC1)C1(OC)CCC(C)CC1. The van der Waals surface area contributed by atoms with Crippen LogP contribution in [0, 0.1) is 11.8 Å². The molecule has 1 N–H and O–H groups in total. The topological polar surface area (TPSA) is 21.3 Å². The fourth-order valence-corrected chi connectivity index (χ4v) is 3.81. The highest BCUT2D eigenvalue weighted by molar-refractivity contribution is 4.98. The molecule has 1 unspecified atom stereocenters. The lowest BCUT2D eigenvalue weighted by atomic mass is 9.70. The molecule has 1 atom stereocenters. The van der Waals surface area contributed by atoms with Crippen LogP contribution in [0.25, 0.3) is 0 Å². The van der Waals surface area contributed by atoms with Crippen molar-refractivity contribution in [2.24, 2.45) is 11.8 Å². The lowest BCUT2D eigenvalue weighted by Crippen LogP contribution is -2.55. The Hall–Kier alpha value is -0.0800. The van der Waals surface area contributed by atoms with Gasteiger partial charge in [-0.05, 0) is 56.9 Å². The highest BCUT2D eigenvalue weighted by Gasteiger charge is 2.42. The number of hydrogen-bond acceptors (Lipinski definition) is 2. The summed E-state index contributed by atoms with van der Waals surface area (Å²) in [5.41, 5.74) is 0.122. The van der Waals surface area contributed by atoms with Crippen LogP contribution in [0.15, 0.2) is 0 Å². The molecule has 2 nitrogen and oxygen atoms in total. The molecule has 112 valence electrons. The van der Waals surface area contributed by atoms with Crippen molar-refractivity contribution < 1.29 is 4.74 Å². The molecule has 2 aliphatic rings. The fourth-order valence-electron chi connectivity index (χ4n) is 3.81. The second kappa shape index (κ2) is 7.08. The van der Waals surface area contributed by atoms with E-state index in [-0.39, 0.29) is 5.60 Å². The van der Waals surface area contributed by atoms with Gasteiger partial charge < -0.3 is 10.1 Å². The quantitative estimate of drug-likeness (QED) is 0.748. The third kappa shape index (κ3) is 3.72. The lowest BCUT2D eigenvalue weighted by molar-refractivity contribution is -0.0815. The van der Waals surface area contributed by atoms with Gasteiger partial charge in [0.25, 0.3) is 0 Å². The van der Waals surface area contributed by atoms with Crippen LogP contribution in [0.4, 0.5) is 0 Å². The normalized spacial score (nSPS) is 33.9. The molecule has 0 aromatic rings. The molecule has 0 aliphatic heterocycles. The van der Waals surface area contributed by atoms with Crippen molar-refractivity contribution in [2.45, 2.75) is 83.3 Å². The largest absolute Gasteiger partial charge is 0.377 e. The second-order valence-corrected chi connectivity index (χ2v) is 6.99. The summed E-state index contributed by atoms with van der Waals surface area (Å²) in [5.74, 6) is 1.85. The van der Waals surface area contributed by atoms with Gasteiger partial charge in [-0.1, -0.05) is 33.1 Å². The maximum absolute atomic E-state index is 6.09. The highest BCUT2D eigenvalue weighted by atomic mass is 16.5. The molecule has 0 radical (unpaired) electrons. The van der Waals surface area contributed by atoms with Crippen molar-refractivity contribution in [2.75, 3.05) is 13.7 Å². The Morgan fingerprint density at radius 2 is 1.89 bits per heavy atom. The summed E-state index contributed by atoms with van der Waals surface area (Å²) < 4.78 is 6.09. The van der Waals surface area contributed by atoms with E-state index >= 15 is 0 Å². The Kier molecular flexibility index (Phi) is 5.70. The molecule has 2 rings (SSSR count). The zero-order valence-electron chi connectivity index (χ0n) is 13.2. The van der Waals surface area contributed by atoms with Gasteiger partial charge in [0, 0.05) is 13.2 Å². The van der Waals surface area contributed by atoms with Crippen molar-refractivity contribution in [1.29, 1.82) is 0 Å². The average Bonchev–Trinajstić information content (AvgIpc) is 2.38. The number of hydrogen-bond donors (Lipinski definition) is 1. The molecule has 19 heavy (non-hydrogen) atoms. The van der Waals surface area contributed by atoms with Gasteiger partial charge in [-0.15, -0.1) is 0 Å². The van der Waals surface area contributed by atoms with Crippen LogP contribution in [0.1, 0.15) is 71.6 Å². The molecule has 0 saturated heterocycles. The van der Waals surface area contributed by atoms with Crippen LogP contribution < -0.4 is 5.32 Å². The van der Waals surface area contributed by atoms with Crippen molar-refractivity contribution in [1.82, 2.24) is 5.32 Å². The summed E-state index contributed by atoms with van der Waals surface area (Å²) in [6.45, 7) is 5.79. The van der Waals surface area contributed by atoms with E-state index in [9.17, 15) is 0 Å². The van der Waals surface area contributed by atoms with Gasteiger partial charge in [0.1, 0.15) is 0 Å². The standard InChI is InChI=1S/C17H33NO/c1-4-12-18-16(13-15-6-5-7-15)17(19-3)10-8-14(2)9-11-17/h14-16,18H,4-13H2,1-3H3. The van der Waals surface area contributed by atoms with Crippen LogP contribution in [0.5, 0.6) is 0 Å². The number of ether oxygens (including phenoxy) is 1. The molecule has 2 aliphatic carbocycles. The molecule has 2 saturated carbocycles. The maximum atomic E-state index is 6.09. The summed E-state index contributed by atoms with van der Waals surface area (Å²) in [6, 6.07) is 0.579. The zero-order chi connectivity index (χ0) is 13.7. The van der Waals surface area contributed by atoms with Gasteiger partial charge in [-0.2, -0.15) is 0 Å². The van der Waals surface area contributed by atoms with E-state index < -0.39 is 0 Å². The van der Waals surface area contributed by atoms with E-state index in [0.29, 0.717) is 6.04 Å². The minimum atomic E-state index is 0.122. The van der Waals surface area contributed by atoms with Crippen molar-refractivity contribution in [3.8, 4) is 0 Å². The number of nitrogens with one attached hydrogen (secondary N) is 1. The number of methoxy groups -OCH3 is 1.